The lowest BCUT2D eigenvalue weighted by Crippen LogP contribution is -2.34. The number of para-hydroxylation sites is 1. The summed E-state index contributed by atoms with van der Waals surface area (Å²) >= 11 is 1.25. The van der Waals surface area contributed by atoms with Gasteiger partial charge in [-0.25, -0.2) is 0 Å². The van der Waals surface area contributed by atoms with Crippen molar-refractivity contribution in [2.75, 3.05) is 11.1 Å². The molecular weight excluding hydrogens is 364 g/mol. The molecule has 0 unspecified atom stereocenters. The summed E-state index contributed by atoms with van der Waals surface area (Å²) in [5.74, 6) is -0.198. The van der Waals surface area contributed by atoms with Crippen LogP contribution in [0.2, 0.25) is 0 Å². The number of aromatic nitrogens is 3. The number of rotatable bonds is 6. The van der Waals surface area contributed by atoms with E-state index in [1.165, 1.54) is 16.4 Å². The number of nitrogens with zero attached hydrogens (tertiary/aromatic N) is 2. The van der Waals surface area contributed by atoms with Gasteiger partial charge in [0.1, 0.15) is 0 Å². The van der Waals surface area contributed by atoms with Crippen molar-refractivity contribution in [1.82, 2.24) is 10.3 Å². The number of hydrogen-bond acceptors (Lipinski definition) is 5. The molecular formula is C19H16N4O3S. The first-order chi connectivity index (χ1) is 13.2. The van der Waals surface area contributed by atoms with E-state index in [1.54, 1.807) is 0 Å². The Kier molecular flexibility index (Phi) is 4.80. The number of aromatic amines is 1. The summed E-state index contributed by atoms with van der Waals surface area (Å²) in [6, 6.07) is 16.9. The Morgan fingerprint density at radius 2 is 2.07 bits per heavy atom. The van der Waals surface area contributed by atoms with Crippen molar-refractivity contribution in [1.29, 1.82) is 0 Å². The van der Waals surface area contributed by atoms with Gasteiger partial charge in [0.15, 0.2) is 5.95 Å². The maximum Gasteiger partial charge on any atom is 0.297 e. The Bertz CT molecular complexity index is 1070. The van der Waals surface area contributed by atoms with Crippen molar-refractivity contribution >= 4 is 34.3 Å². The topological polar surface area (TPSA) is 97.9 Å². The van der Waals surface area contributed by atoms with Crippen LogP contribution >= 0.6 is 11.8 Å². The molecule has 2 aromatic heterocycles. The molecule has 0 aliphatic carbocycles. The standard InChI is InChI=1S/C19H15N4O3S/c24-17(21-14-6-7-16-13(12-14)8-10-20-16)9-11-27-18-19(25)26-22-23(18)15-4-2-1-3-5-15/h1-8,10,12,25H,9,11H2/q-1/p+1. The Morgan fingerprint density at radius 1 is 1.22 bits per heavy atom. The average Bonchev–Trinajstić information content (AvgIpc) is 3.29. The third-order valence-corrected chi connectivity index (χ3v) is 5.00. The predicted octanol–water partition coefficient (Wildman–Crippen LogP) is 2.63. The Labute approximate surface area is 159 Å². The summed E-state index contributed by atoms with van der Waals surface area (Å²) in [4.78, 5) is 15.3. The highest BCUT2D eigenvalue weighted by molar-refractivity contribution is 7.99. The van der Waals surface area contributed by atoms with E-state index in [2.05, 4.69) is 15.6 Å². The lowest BCUT2D eigenvalue weighted by molar-refractivity contribution is -0.705. The molecule has 0 aliphatic heterocycles. The Balaban J connectivity index is 1.37. The van der Waals surface area contributed by atoms with Gasteiger partial charge in [-0.1, -0.05) is 30.0 Å². The van der Waals surface area contributed by atoms with Crippen LogP contribution in [0.4, 0.5) is 5.69 Å². The number of hydrogen-bond donors (Lipinski definition) is 2. The third kappa shape index (κ3) is 3.80. The minimum atomic E-state index is -0.512. The van der Waals surface area contributed by atoms with Crippen molar-refractivity contribution in [2.45, 2.75) is 11.4 Å². The molecule has 2 aromatic carbocycles. The van der Waals surface area contributed by atoms with Crippen LogP contribution in [0.1, 0.15) is 6.42 Å². The number of H-pyrrole nitrogens is 1. The first-order valence-corrected chi connectivity index (χ1v) is 9.33. The Morgan fingerprint density at radius 3 is 2.93 bits per heavy atom. The molecule has 2 heterocycles. The van der Waals surface area contributed by atoms with Crippen molar-refractivity contribution in [3.05, 3.63) is 60.8 Å². The van der Waals surface area contributed by atoms with Crippen LogP contribution in [0.25, 0.3) is 16.6 Å². The maximum atomic E-state index is 12.2. The van der Waals surface area contributed by atoms with Gasteiger partial charge in [-0.2, -0.15) is 0 Å². The van der Waals surface area contributed by atoms with E-state index in [-0.39, 0.29) is 12.3 Å². The van der Waals surface area contributed by atoms with Crippen LogP contribution in [0.3, 0.4) is 0 Å². The molecule has 0 aliphatic rings. The van der Waals surface area contributed by atoms with E-state index in [4.69, 9.17) is 4.52 Å². The molecule has 0 bridgehead atoms. The van der Waals surface area contributed by atoms with Crippen molar-refractivity contribution in [2.24, 2.45) is 0 Å². The van der Waals surface area contributed by atoms with Gasteiger partial charge in [0.25, 0.3) is 5.03 Å². The van der Waals surface area contributed by atoms with E-state index >= 15 is 0 Å². The normalized spacial score (nSPS) is 11.0. The zero-order valence-electron chi connectivity index (χ0n) is 14.2. The lowest BCUT2D eigenvalue weighted by Gasteiger charge is -2.05. The summed E-state index contributed by atoms with van der Waals surface area (Å²) in [5, 5.41) is 19.9. The number of nitrogens with one attached hydrogen (secondary N) is 2. The van der Waals surface area contributed by atoms with E-state index in [0.29, 0.717) is 10.8 Å². The molecule has 4 rings (SSSR count). The number of carbonyl (C=O) groups excluding carboxylic acids is 1. The molecule has 8 heteroatoms. The highest BCUT2D eigenvalue weighted by Gasteiger charge is 2.21. The van der Waals surface area contributed by atoms with Gasteiger partial charge in [-0.3, -0.25) is 4.79 Å². The van der Waals surface area contributed by atoms with Crippen LogP contribution in [0.5, 0.6) is 5.95 Å². The van der Waals surface area contributed by atoms with Crippen molar-refractivity contribution < 1.29 is 19.1 Å². The smallest absolute Gasteiger partial charge is 0.297 e. The number of amides is 1. The summed E-state index contributed by atoms with van der Waals surface area (Å²) in [5.41, 5.74) is 2.49. The van der Waals surface area contributed by atoms with E-state index in [0.717, 1.165) is 22.3 Å². The van der Waals surface area contributed by atoms with E-state index < -0.39 is 5.95 Å². The molecule has 0 fully saturated rings. The molecule has 2 N–H and O–H groups in total. The molecule has 136 valence electrons. The second-order valence-electron chi connectivity index (χ2n) is 5.84. The van der Waals surface area contributed by atoms with E-state index in [9.17, 15) is 9.90 Å². The second-order valence-corrected chi connectivity index (χ2v) is 6.92. The highest BCUT2D eigenvalue weighted by atomic mass is 32.2. The monoisotopic (exact) mass is 380 g/mol. The third-order valence-electron chi connectivity index (χ3n) is 3.98. The first kappa shape index (κ1) is 17.2. The maximum absolute atomic E-state index is 12.2. The predicted molar refractivity (Wildman–Crippen MR) is 99.8 cm³/mol. The zero-order chi connectivity index (χ0) is 18.6. The zero-order valence-corrected chi connectivity index (χ0v) is 15.0. The van der Waals surface area contributed by atoms with E-state index in [1.807, 2.05) is 60.8 Å². The molecule has 0 atom stereocenters. The van der Waals surface area contributed by atoms with Gasteiger partial charge in [-0.15, -0.1) is 0 Å². The molecule has 0 spiro atoms. The van der Waals surface area contributed by atoms with Crippen molar-refractivity contribution in [3.8, 4) is 11.6 Å². The fourth-order valence-corrected chi connectivity index (χ4v) is 3.59. The largest absolute Gasteiger partial charge is 0.538 e. The van der Waals surface area contributed by atoms with Crippen LogP contribution < -0.4 is 15.1 Å². The fraction of sp³-hybridized carbons (Fsp3) is 0.105. The lowest BCUT2D eigenvalue weighted by atomic mass is 10.2. The number of anilines is 1. The molecule has 7 nitrogen and oxygen atoms in total. The van der Waals surface area contributed by atoms with Crippen LogP contribution in [-0.4, -0.2) is 21.9 Å². The Hall–Kier alpha value is -3.26. The molecule has 1 amide bonds. The average molecular weight is 380 g/mol. The number of carbonyl (C=O) groups is 1. The van der Waals surface area contributed by atoms with Gasteiger partial charge in [0.2, 0.25) is 11.6 Å². The minimum Gasteiger partial charge on any atom is -0.538 e. The molecule has 27 heavy (non-hydrogen) atoms. The minimum absolute atomic E-state index is 0.118. The second kappa shape index (κ2) is 7.55. The SMILES string of the molecule is O=C(CCSc1c([O-])on[n+]1-c1ccccc1)Nc1ccc2[nH]ccc2c1. The summed E-state index contributed by atoms with van der Waals surface area (Å²) < 4.78 is 6.22. The first-order valence-electron chi connectivity index (χ1n) is 8.35. The number of thioether (sulfide) groups is 1. The molecule has 4 aromatic rings. The fourth-order valence-electron chi connectivity index (χ4n) is 2.69. The molecule has 0 radical (unpaired) electrons. The number of fused-ring (bicyclic) bond motifs is 1. The van der Waals surface area contributed by atoms with Crippen molar-refractivity contribution in [3.63, 3.8) is 0 Å². The van der Waals surface area contributed by atoms with Crippen LogP contribution in [-0.2, 0) is 4.79 Å². The summed E-state index contributed by atoms with van der Waals surface area (Å²) in [7, 11) is 0. The van der Waals surface area contributed by atoms with Crippen LogP contribution in [0, 0.1) is 0 Å². The molecule has 0 saturated heterocycles. The van der Waals surface area contributed by atoms with Gasteiger partial charge >= 0.3 is 0 Å². The van der Waals surface area contributed by atoms with Gasteiger partial charge < -0.3 is 19.9 Å². The van der Waals surface area contributed by atoms with Gasteiger partial charge in [0, 0.05) is 47.1 Å². The van der Waals surface area contributed by atoms with Gasteiger partial charge in [0.05, 0.1) is 5.27 Å². The quantitative estimate of drug-likeness (QED) is 0.396. The number of benzene rings is 2. The summed E-state index contributed by atoms with van der Waals surface area (Å²) in [6.45, 7) is 0. The molecule has 0 saturated carbocycles. The van der Waals surface area contributed by atoms with Crippen LogP contribution in [0.15, 0.2) is 70.3 Å². The van der Waals surface area contributed by atoms with Gasteiger partial charge in [-0.05, 0) is 28.9 Å². The summed E-state index contributed by atoms with van der Waals surface area (Å²) in [6.07, 6.45) is 2.11. The highest BCUT2D eigenvalue weighted by Crippen LogP contribution is 2.24.